The van der Waals surface area contributed by atoms with Crippen molar-refractivity contribution in [2.75, 3.05) is 13.1 Å². The number of nitrogens with one attached hydrogen (secondary N) is 1. The Morgan fingerprint density at radius 3 is 2.41 bits per heavy atom. The Morgan fingerprint density at radius 2 is 1.93 bits per heavy atom. The smallest absolute Gasteiger partial charge is 0.321 e. The molecule has 2 rings (SSSR count). The fraction of sp³-hybridized carbons (Fsp3) is 0.353. The van der Waals surface area contributed by atoms with Crippen LogP contribution in [0.2, 0.25) is 0 Å². The van der Waals surface area contributed by atoms with Gasteiger partial charge in [0, 0.05) is 32.5 Å². The highest BCUT2D eigenvalue weighted by Crippen LogP contribution is 2.23. The Bertz CT molecular complexity index is 920. The van der Waals surface area contributed by atoms with E-state index in [4.69, 9.17) is 4.42 Å². The number of carbonyl (C=O) groups excluding carboxylic acids is 1. The zero-order valence-corrected chi connectivity index (χ0v) is 16.0. The highest BCUT2D eigenvalue weighted by molar-refractivity contribution is 7.89. The summed E-state index contributed by atoms with van der Waals surface area (Å²) in [6, 6.07) is 4.62. The minimum Gasteiger partial charge on any atom is -0.480 e. The van der Waals surface area contributed by atoms with Crippen molar-refractivity contribution >= 4 is 21.9 Å². The maximum absolute atomic E-state index is 12.9. The Kier molecular flexibility index (Phi) is 6.34. The van der Waals surface area contributed by atoms with Gasteiger partial charge in [-0.05, 0) is 19.1 Å². The fourth-order valence-electron chi connectivity index (χ4n) is 2.42. The lowest BCUT2D eigenvalue weighted by Crippen LogP contribution is -2.46. The van der Waals surface area contributed by atoms with Crippen LogP contribution in [0.4, 0.5) is 0 Å². The molecule has 1 atom stereocenters. The molecular weight excluding hydrogens is 374 g/mol. The quantitative estimate of drug-likeness (QED) is 0.688. The molecule has 0 bridgehead atoms. The molecule has 0 saturated heterocycles. The van der Waals surface area contributed by atoms with Crippen LogP contribution in [0.1, 0.15) is 19.7 Å². The van der Waals surface area contributed by atoms with Gasteiger partial charge in [-0.15, -0.1) is 0 Å². The molecule has 0 fully saturated rings. The van der Waals surface area contributed by atoms with Gasteiger partial charge in [-0.1, -0.05) is 12.1 Å². The highest BCUT2D eigenvalue weighted by Gasteiger charge is 2.32. The van der Waals surface area contributed by atoms with Gasteiger partial charge in [0.05, 0.1) is 4.90 Å². The molecule has 0 spiro atoms. The summed E-state index contributed by atoms with van der Waals surface area (Å²) in [6.45, 7) is 4.11. The minimum atomic E-state index is -4.08. The maximum Gasteiger partial charge on any atom is 0.321 e. The minimum absolute atomic E-state index is 0.00246. The van der Waals surface area contributed by atoms with Crippen molar-refractivity contribution in [2.45, 2.75) is 31.7 Å². The predicted molar refractivity (Wildman–Crippen MR) is 96.3 cm³/mol. The summed E-state index contributed by atoms with van der Waals surface area (Å²) in [4.78, 5) is 26.5. The van der Waals surface area contributed by atoms with Gasteiger partial charge in [0.25, 0.3) is 0 Å². The van der Waals surface area contributed by atoms with Crippen LogP contribution in [0.3, 0.4) is 0 Å². The first-order chi connectivity index (χ1) is 12.6. The highest BCUT2D eigenvalue weighted by atomic mass is 32.2. The van der Waals surface area contributed by atoms with Gasteiger partial charge in [-0.3, -0.25) is 9.59 Å². The Morgan fingerprint density at radius 1 is 1.30 bits per heavy atom. The second kappa shape index (κ2) is 8.31. The molecule has 1 amide bonds. The Balaban J connectivity index is 2.30. The molecule has 1 aromatic carbocycles. The van der Waals surface area contributed by atoms with Crippen LogP contribution >= 0.6 is 0 Å². The summed E-state index contributed by atoms with van der Waals surface area (Å²) < 4.78 is 31.8. The van der Waals surface area contributed by atoms with E-state index in [-0.39, 0.29) is 23.9 Å². The first-order valence-electron chi connectivity index (χ1n) is 8.14. The van der Waals surface area contributed by atoms with E-state index < -0.39 is 22.0 Å². The summed E-state index contributed by atoms with van der Waals surface area (Å²) >= 11 is 0. The number of carboxylic acids is 1. The van der Waals surface area contributed by atoms with E-state index in [1.54, 1.807) is 19.1 Å². The molecule has 0 aliphatic carbocycles. The number of hydrogen-bond donors (Lipinski definition) is 2. The van der Waals surface area contributed by atoms with Gasteiger partial charge < -0.3 is 14.8 Å². The monoisotopic (exact) mass is 395 g/mol. The topological polar surface area (TPSA) is 130 Å². The van der Waals surface area contributed by atoms with Crippen LogP contribution in [-0.4, -0.2) is 53.8 Å². The van der Waals surface area contributed by atoms with E-state index in [1.165, 1.54) is 32.2 Å². The summed E-state index contributed by atoms with van der Waals surface area (Å²) in [6.07, 6.45) is 1.46. The number of aromatic nitrogens is 1. The van der Waals surface area contributed by atoms with Crippen LogP contribution in [0.5, 0.6) is 0 Å². The van der Waals surface area contributed by atoms with Crippen molar-refractivity contribution in [3.05, 3.63) is 36.4 Å². The standard InChI is InChI=1S/C17H21N3O6S/c1-11(17(22)23)20(9-8-18-12(2)21)27(24,25)15-6-4-14(5-7-15)16-10-26-13(3)19-16/h4-7,10-11H,8-9H2,1-3H3,(H,18,21)(H,22,23). The van der Waals surface area contributed by atoms with Gasteiger partial charge in [-0.2, -0.15) is 4.31 Å². The van der Waals surface area contributed by atoms with E-state index >= 15 is 0 Å². The molecule has 27 heavy (non-hydrogen) atoms. The zero-order chi connectivity index (χ0) is 20.2. The van der Waals surface area contributed by atoms with Crippen LogP contribution < -0.4 is 5.32 Å². The lowest BCUT2D eigenvalue weighted by Gasteiger charge is -2.25. The molecule has 1 heterocycles. The SMILES string of the molecule is CC(=O)NCCN(C(C)C(=O)O)S(=O)(=O)c1ccc(-c2coc(C)n2)cc1. The van der Waals surface area contributed by atoms with Gasteiger partial charge in [0.1, 0.15) is 18.0 Å². The fourth-order valence-corrected chi connectivity index (χ4v) is 4.01. The predicted octanol–water partition coefficient (Wildman–Crippen LogP) is 1.25. The summed E-state index contributed by atoms with van der Waals surface area (Å²) in [5.41, 5.74) is 1.24. The maximum atomic E-state index is 12.9. The van der Waals surface area contributed by atoms with E-state index in [0.717, 1.165) is 4.31 Å². The molecular formula is C17H21N3O6S. The average Bonchev–Trinajstić information content (AvgIpc) is 3.04. The number of oxazole rings is 1. The second-order valence-electron chi connectivity index (χ2n) is 5.89. The average molecular weight is 395 g/mol. The normalized spacial score (nSPS) is 12.7. The molecule has 1 aromatic heterocycles. The molecule has 2 aromatic rings. The number of rotatable bonds is 8. The van der Waals surface area contributed by atoms with Crippen LogP contribution in [-0.2, 0) is 19.6 Å². The first-order valence-corrected chi connectivity index (χ1v) is 9.58. The third-order valence-corrected chi connectivity index (χ3v) is 5.86. The summed E-state index contributed by atoms with van der Waals surface area (Å²) in [5, 5.41) is 11.7. The number of carboxylic acid groups (broad SMARTS) is 1. The lowest BCUT2D eigenvalue weighted by atomic mass is 10.2. The molecule has 2 N–H and O–H groups in total. The second-order valence-corrected chi connectivity index (χ2v) is 7.78. The third-order valence-electron chi connectivity index (χ3n) is 3.87. The first kappa shape index (κ1) is 20.6. The molecule has 0 radical (unpaired) electrons. The molecule has 9 nitrogen and oxygen atoms in total. The molecule has 10 heteroatoms. The van der Waals surface area contributed by atoms with Crippen LogP contribution in [0.15, 0.2) is 39.8 Å². The van der Waals surface area contributed by atoms with Crippen molar-refractivity contribution in [1.82, 2.24) is 14.6 Å². The summed E-state index contributed by atoms with van der Waals surface area (Å²) in [5.74, 6) is -1.13. The van der Waals surface area contributed by atoms with Crippen molar-refractivity contribution in [1.29, 1.82) is 0 Å². The van der Waals surface area contributed by atoms with Crippen molar-refractivity contribution in [2.24, 2.45) is 0 Å². The zero-order valence-electron chi connectivity index (χ0n) is 15.2. The van der Waals surface area contributed by atoms with E-state index in [2.05, 4.69) is 10.3 Å². The van der Waals surface area contributed by atoms with Crippen LogP contribution in [0.25, 0.3) is 11.3 Å². The third kappa shape index (κ3) is 4.92. The Labute approximate surface area is 157 Å². The number of aliphatic carboxylic acids is 1. The number of nitrogens with zero attached hydrogens (tertiary/aromatic N) is 2. The molecule has 1 unspecified atom stereocenters. The molecule has 0 aliphatic heterocycles. The summed E-state index contributed by atoms with van der Waals surface area (Å²) in [7, 11) is -4.08. The van der Waals surface area contributed by atoms with Crippen LogP contribution in [0, 0.1) is 6.92 Å². The van der Waals surface area contributed by atoms with E-state index in [9.17, 15) is 23.1 Å². The number of sulfonamides is 1. The van der Waals surface area contributed by atoms with E-state index in [1.807, 2.05) is 0 Å². The van der Waals surface area contributed by atoms with Gasteiger partial charge in [-0.25, -0.2) is 13.4 Å². The molecule has 0 aliphatic rings. The number of carbonyl (C=O) groups is 2. The van der Waals surface area contributed by atoms with Crippen molar-refractivity contribution < 1.29 is 27.5 Å². The number of benzene rings is 1. The number of amides is 1. The van der Waals surface area contributed by atoms with Gasteiger partial charge in [0.15, 0.2) is 5.89 Å². The van der Waals surface area contributed by atoms with Crippen molar-refractivity contribution in [3.8, 4) is 11.3 Å². The van der Waals surface area contributed by atoms with Crippen molar-refractivity contribution in [3.63, 3.8) is 0 Å². The number of aryl methyl sites for hydroxylation is 1. The molecule has 146 valence electrons. The Hall–Kier alpha value is -2.72. The lowest BCUT2D eigenvalue weighted by molar-refractivity contribution is -0.140. The molecule has 0 saturated carbocycles. The number of hydrogen-bond acceptors (Lipinski definition) is 6. The largest absolute Gasteiger partial charge is 0.480 e. The van der Waals surface area contributed by atoms with Gasteiger partial charge in [0.2, 0.25) is 15.9 Å². The van der Waals surface area contributed by atoms with Gasteiger partial charge >= 0.3 is 5.97 Å². The van der Waals surface area contributed by atoms with E-state index in [0.29, 0.717) is 17.1 Å².